The van der Waals surface area contributed by atoms with Crippen molar-refractivity contribution >= 4 is 65.0 Å². The third-order valence-electron chi connectivity index (χ3n) is 23.3. The van der Waals surface area contributed by atoms with Crippen LogP contribution in [0.2, 0.25) is 0 Å². The molecular formula is C73H116F5N11O12. The molecule has 4 aliphatic carbocycles. The molecule has 0 aromatic rings. The number of fused-ring (bicyclic) bond motifs is 3. The van der Waals surface area contributed by atoms with Crippen LogP contribution < -0.4 is 16.0 Å². The van der Waals surface area contributed by atoms with Crippen LogP contribution in [-0.2, 0) is 57.5 Å². The van der Waals surface area contributed by atoms with E-state index in [0.29, 0.717) is 38.0 Å². The first-order valence-electron chi connectivity index (χ1n) is 37.2. The average Bonchev–Trinajstić information content (AvgIpc) is 1.76. The Bertz CT molecular complexity index is 2950. The Kier molecular flexibility index (Phi) is 29.0. The maximum Gasteiger partial charge on any atom is 0.397 e. The molecule has 7 aliphatic rings. The van der Waals surface area contributed by atoms with Crippen LogP contribution in [0.4, 0.5) is 22.0 Å². The van der Waals surface area contributed by atoms with Crippen molar-refractivity contribution in [2.24, 2.45) is 41.4 Å². The molecule has 11 amide bonds. The third-order valence-corrected chi connectivity index (χ3v) is 23.3. The Morgan fingerprint density at radius 1 is 0.634 bits per heavy atom. The number of nitrogens with zero attached hydrogens (tertiary/aromatic N) is 8. The summed E-state index contributed by atoms with van der Waals surface area (Å²) in [7, 11) is 8.79. The quantitative estimate of drug-likeness (QED) is 0.136. The van der Waals surface area contributed by atoms with Gasteiger partial charge in [0.15, 0.2) is 0 Å². The molecule has 3 heterocycles. The molecule has 4 saturated carbocycles. The fourth-order valence-corrected chi connectivity index (χ4v) is 16.4. The van der Waals surface area contributed by atoms with E-state index in [2.05, 4.69) is 22.9 Å². The highest BCUT2D eigenvalue weighted by atomic mass is 19.4. The van der Waals surface area contributed by atoms with Gasteiger partial charge in [-0.3, -0.25) is 52.7 Å². The van der Waals surface area contributed by atoms with Crippen molar-refractivity contribution in [1.29, 1.82) is 0 Å². The van der Waals surface area contributed by atoms with Crippen molar-refractivity contribution in [3.63, 3.8) is 0 Å². The Hall–Kier alpha value is -6.48. The standard InChI is InChI=1S/C73H116F5N11O12/c1-14-45(6)62-69(98)83(9)42-60(92)85(11)54-24-17-16-20-33-88(68(54)97)57(38-47-27-25-44(5)26-28-47)67(96)82(8)41-58(90)79-53(30-29-48-36-51(74)61(52(75)37-48)73(76,77)78)66(95)89-40-50(101-15-2)39-56(89)65(94)81-72(31-21-32-72)71(100)87(13)63(49-22-18-19-23-49)70(99)84(10)46(7)35-59(91)86(12)55(34-43(3)4)64(93)80-62/h16-17,43-57,61-63H,14-15,18-42H2,1-13H3,(H,79,90)(H,80,93)(H,81,94)/b17-16-/t44?,45-,46+,47?,48?,50+,51?,52?,53-,54-,55-,56-,57-,61?,62-,63-/m0/s1. The van der Waals surface area contributed by atoms with Gasteiger partial charge in [0, 0.05) is 80.9 Å². The summed E-state index contributed by atoms with van der Waals surface area (Å²) in [5, 5.41) is 8.66. The van der Waals surface area contributed by atoms with E-state index in [1.807, 2.05) is 26.8 Å². The number of amides is 11. The summed E-state index contributed by atoms with van der Waals surface area (Å²) >= 11 is 0. The fraction of sp³-hybridized carbons (Fsp3) is 0.822. The van der Waals surface area contributed by atoms with Crippen molar-refractivity contribution in [3.8, 4) is 0 Å². The van der Waals surface area contributed by atoms with Gasteiger partial charge in [-0.2, -0.15) is 13.2 Å². The first-order valence-corrected chi connectivity index (χ1v) is 37.2. The predicted molar refractivity (Wildman–Crippen MR) is 368 cm³/mol. The molecule has 0 aromatic carbocycles. The molecule has 28 heteroatoms. The van der Waals surface area contributed by atoms with Crippen molar-refractivity contribution in [3.05, 3.63) is 12.2 Å². The molecule has 12 atom stereocenters. The van der Waals surface area contributed by atoms with E-state index in [4.69, 9.17) is 4.74 Å². The number of nitrogens with one attached hydrogen (secondary N) is 3. The molecule has 3 N–H and O–H groups in total. The van der Waals surface area contributed by atoms with Gasteiger partial charge in [0.1, 0.15) is 66.1 Å². The first-order chi connectivity index (χ1) is 47.5. The van der Waals surface area contributed by atoms with E-state index in [-0.39, 0.29) is 95.2 Å². The summed E-state index contributed by atoms with van der Waals surface area (Å²) in [5.74, 6) is -11.4. The van der Waals surface area contributed by atoms with E-state index >= 15 is 37.5 Å². The maximum absolute atomic E-state index is 15.5. The van der Waals surface area contributed by atoms with Crippen LogP contribution in [0.1, 0.15) is 190 Å². The van der Waals surface area contributed by atoms with Crippen LogP contribution in [0.15, 0.2) is 12.2 Å². The van der Waals surface area contributed by atoms with E-state index < -0.39 is 187 Å². The lowest BCUT2D eigenvalue weighted by atomic mass is 9.74. The summed E-state index contributed by atoms with van der Waals surface area (Å²) in [6, 6.07) is -9.35. The van der Waals surface area contributed by atoms with E-state index in [0.717, 1.165) is 43.4 Å². The van der Waals surface area contributed by atoms with Gasteiger partial charge in [0.2, 0.25) is 65.0 Å². The average molecular weight is 1430 g/mol. The van der Waals surface area contributed by atoms with Crippen LogP contribution in [-0.4, -0.2) is 258 Å². The lowest BCUT2D eigenvalue weighted by Crippen LogP contribution is -2.68. The number of rotatable bonds is 12. The van der Waals surface area contributed by atoms with E-state index in [9.17, 15) is 37.1 Å². The molecular weight excluding hydrogens is 1320 g/mol. The number of alkyl halides is 5. The number of carbonyl (C=O) groups excluding carboxylic acids is 11. The summed E-state index contributed by atoms with van der Waals surface area (Å²) in [5.41, 5.74) is -1.55. The summed E-state index contributed by atoms with van der Waals surface area (Å²) in [6.45, 7) is 11.7. The monoisotopic (exact) mass is 1430 g/mol. The molecule has 2 unspecified atom stereocenters. The van der Waals surface area contributed by atoms with Gasteiger partial charge in [-0.15, -0.1) is 0 Å². The topological polar surface area (TPSA) is 259 Å². The zero-order chi connectivity index (χ0) is 74.7. The number of halogens is 5. The number of ether oxygens (including phenoxy) is 1. The van der Waals surface area contributed by atoms with Gasteiger partial charge in [-0.25, -0.2) is 8.78 Å². The highest BCUT2D eigenvalue weighted by molar-refractivity contribution is 6.00. The van der Waals surface area contributed by atoms with E-state index in [1.165, 1.54) is 69.5 Å². The molecule has 3 aliphatic heterocycles. The Morgan fingerprint density at radius 3 is 1.85 bits per heavy atom. The van der Waals surface area contributed by atoms with Gasteiger partial charge in [0.25, 0.3) is 0 Å². The second-order valence-electron chi connectivity index (χ2n) is 31.1. The lowest BCUT2D eigenvalue weighted by molar-refractivity contribution is -0.219. The van der Waals surface area contributed by atoms with E-state index in [1.54, 1.807) is 33.9 Å². The maximum atomic E-state index is 15.5. The van der Waals surface area contributed by atoms with Gasteiger partial charge in [-0.1, -0.05) is 91.7 Å². The van der Waals surface area contributed by atoms with Crippen LogP contribution in [0.25, 0.3) is 0 Å². The zero-order valence-electron chi connectivity index (χ0n) is 62.0. The molecule has 23 nitrogen and oxygen atoms in total. The zero-order valence-corrected chi connectivity index (χ0v) is 62.0. The van der Waals surface area contributed by atoms with Gasteiger partial charge in [0.05, 0.1) is 19.2 Å². The van der Waals surface area contributed by atoms with Crippen LogP contribution in [0, 0.1) is 41.4 Å². The predicted octanol–water partition coefficient (Wildman–Crippen LogP) is 6.74. The van der Waals surface area contributed by atoms with Gasteiger partial charge in [-0.05, 0) is 133 Å². The van der Waals surface area contributed by atoms with Gasteiger partial charge < -0.3 is 59.9 Å². The smallest absolute Gasteiger partial charge is 0.377 e. The minimum absolute atomic E-state index is 0.0333. The van der Waals surface area contributed by atoms with Crippen LogP contribution >= 0.6 is 0 Å². The molecule has 1 spiro atoms. The number of hydrogen-bond acceptors (Lipinski definition) is 12. The van der Waals surface area contributed by atoms with Gasteiger partial charge >= 0.3 is 6.18 Å². The van der Waals surface area contributed by atoms with Crippen molar-refractivity contribution in [2.45, 2.75) is 268 Å². The van der Waals surface area contributed by atoms with Crippen LogP contribution in [0.5, 0.6) is 0 Å². The number of likely N-dealkylation sites (N-methyl/N-ethyl adjacent to an activating group) is 6. The first kappa shape index (κ1) is 81.8. The SMILES string of the molecule is CCO[C@@H]1C[C@H]2C(=O)NC3(CCC3)C(=O)N(C)[C@@H](C3CCCC3)C(=O)N(C)[C@H](C)CC(=O)N(C)[C@@H](CC(C)C)C(=O)N[C@@H]([C@@H](C)CC)C(=O)N(C)CC(=O)N(C)[C@H]3C/C=C\CCN(C3=O)[C@@H](CC3CCC(C)CC3)C(=O)N(C)CC(=O)N[C@@H](CCC3CC(F)C(C(F)(F)F)C(F)C3)C(=O)N2C1. The molecule has 2 saturated heterocycles. The summed E-state index contributed by atoms with van der Waals surface area (Å²) < 4.78 is 78.7. The molecule has 0 radical (unpaired) electrons. The molecule has 0 aromatic heterocycles. The molecule has 101 heavy (non-hydrogen) atoms. The number of hydrogen-bond donors (Lipinski definition) is 3. The fourth-order valence-electron chi connectivity index (χ4n) is 16.4. The van der Waals surface area contributed by atoms with Crippen molar-refractivity contribution < 1.29 is 79.4 Å². The lowest BCUT2D eigenvalue weighted by Gasteiger charge is -2.46. The summed E-state index contributed by atoms with van der Waals surface area (Å²) in [6.07, 6.45) is -1.78. The normalized spacial score (nSPS) is 33.3. The summed E-state index contributed by atoms with van der Waals surface area (Å²) in [4.78, 5) is 176. The molecule has 570 valence electrons. The van der Waals surface area contributed by atoms with Crippen molar-refractivity contribution in [1.82, 2.24) is 55.1 Å². The molecule has 6 fully saturated rings. The van der Waals surface area contributed by atoms with Crippen molar-refractivity contribution in [2.75, 3.05) is 75.1 Å². The Balaban J connectivity index is 1.29. The Morgan fingerprint density at radius 2 is 1.27 bits per heavy atom. The van der Waals surface area contributed by atoms with Crippen LogP contribution in [0.3, 0.4) is 0 Å². The second-order valence-corrected chi connectivity index (χ2v) is 31.1. The minimum atomic E-state index is -5.16. The highest BCUT2D eigenvalue weighted by Gasteiger charge is 2.56. The largest absolute Gasteiger partial charge is 0.397 e. The second kappa shape index (κ2) is 35.8. The highest BCUT2D eigenvalue weighted by Crippen LogP contribution is 2.45. The molecule has 7 rings (SSSR count). The minimum Gasteiger partial charge on any atom is -0.377 e. The number of carbonyl (C=O) groups is 11. The third kappa shape index (κ3) is 20.1. The molecule has 2 bridgehead atoms. The Labute approximate surface area is 594 Å².